The van der Waals surface area contributed by atoms with E-state index in [4.69, 9.17) is 12.2 Å². The minimum Gasteiger partial charge on any atom is -0.309 e. The Balaban J connectivity index is 1.43. The van der Waals surface area contributed by atoms with E-state index in [1.807, 2.05) is 24.3 Å². The lowest BCUT2D eigenvalue weighted by Crippen LogP contribution is -2.48. The first-order valence-electron chi connectivity index (χ1n) is 10.3. The van der Waals surface area contributed by atoms with Crippen LogP contribution in [0.4, 0.5) is 0 Å². The quantitative estimate of drug-likeness (QED) is 0.489. The second-order valence-corrected chi connectivity index (χ2v) is 11.4. The van der Waals surface area contributed by atoms with Crippen LogP contribution in [-0.2, 0) is 16.7 Å². The zero-order valence-corrected chi connectivity index (χ0v) is 19.8. The van der Waals surface area contributed by atoms with Crippen molar-refractivity contribution in [3.05, 3.63) is 58.0 Å². The van der Waals surface area contributed by atoms with Crippen LogP contribution < -0.4 is 0 Å². The molecule has 1 atom stereocenters. The van der Waals surface area contributed by atoms with Crippen LogP contribution in [-0.4, -0.2) is 48.4 Å². The third-order valence-corrected chi connectivity index (χ3v) is 9.29. The summed E-state index contributed by atoms with van der Waals surface area (Å²) in [4.78, 5) is 2.65. The summed E-state index contributed by atoms with van der Waals surface area (Å²) in [6, 6.07) is 15.6. The van der Waals surface area contributed by atoms with Crippen LogP contribution >= 0.6 is 23.6 Å². The molecular weight excluding hydrogens is 434 g/mol. The molecule has 2 heterocycles. The maximum absolute atomic E-state index is 13.1. The minimum absolute atomic E-state index is 0.383. The average molecular weight is 462 g/mol. The van der Waals surface area contributed by atoms with Gasteiger partial charge < -0.3 is 4.57 Å². The second kappa shape index (κ2) is 8.88. The summed E-state index contributed by atoms with van der Waals surface area (Å²) >= 11 is 7.17. The number of hydrogen-bond donors (Lipinski definition) is 0. The molecule has 0 amide bonds. The van der Waals surface area contributed by atoms with Crippen LogP contribution in [0, 0.1) is 3.95 Å². The normalized spacial score (nSPS) is 17.4. The molecule has 1 aliphatic rings. The van der Waals surface area contributed by atoms with Crippen molar-refractivity contribution in [1.82, 2.24) is 13.8 Å². The number of thiazole rings is 1. The Bertz CT molecular complexity index is 1170. The van der Waals surface area contributed by atoms with E-state index in [1.54, 1.807) is 27.8 Å². The number of nitrogens with zero attached hydrogens (tertiary/aromatic N) is 3. The Morgan fingerprint density at radius 3 is 2.37 bits per heavy atom. The van der Waals surface area contributed by atoms with Gasteiger partial charge >= 0.3 is 0 Å². The lowest BCUT2D eigenvalue weighted by molar-refractivity contribution is 0.154. The highest BCUT2D eigenvalue weighted by atomic mass is 32.2. The third kappa shape index (κ3) is 4.24. The molecule has 0 N–H and O–H groups in total. The van der Waals surface area contributed by atoms with Gasteiger partial charge in [0.15, 0.2) is 3.95 Å². The Kier molecular flexibility index (Phi) is 6.41. The molecule has 5 nitrogen and oxygen atoms in total. The molecule has 3 aromatic rings. The Labute approximate surface area is 187 Å². The summed E-state index contributed by atoms with van der Waals surface area (Å²) in [6.45, 7) is 7.36. The Morgan fingerprint density at radius 1 is 1.03 bits per heavy atom. The lowest BCUT2D eigenvalue weighted by atomic mass is 9.99. The fraction of sp³-hybridized carbons (Fsp3) is 0.409. The number of sulfonamides is 1. The molecule has 0 aliphatic carbocycles. The molecule has 4 rings (SSSR count). The number of para-hydroxylation sites is 1. The van der Waals surface area contributed by atoms with Gasteiger partial charge in [-0.2, -0.15) is 4.31 Å². The summed E-state index contributed by atoms with van der Waals surface area (Å²) in [5.41, 5.74) is 2.32. The van der Waals surface area contributed by atoms with Crippen LogP contribution in [0.3, 0.4) is 0 Å². The maximum atomic E-state index is 13.1. The summed E-state index contributed by atoms with van der Waals surface area (Å²) < 4.78 is 31.9. The van der Waals surface area contributed by atoms with Gasteiger partial charge in [-0.05, 0) is 54.4 Å². The van der Waals surface area contributed by atoms with E-state index < -0.39 is 10.0 Å². The van der Waals surface area contributed by atoms with Gasteiger partial charge in [-0.15, -0.1) is 11.3 Å². The third-order valence-electron chi connectivity index (χ3n) is 5.95. The minimum atomic E-state index is -3.46. The average Bonchev–Trinajstić information content (AvgIpc) is 3.08. The fourth-order valence-electron chi connectivity index (χ4n) is 3.81. The molecule has 160 valence electrons. The molecular formula is C22H27N3O2S3. The maximum Gasteiger partial charge on any atom is 0.243 e. The predicted octanol–water partition coefficient (Wildman–Crippen LogP) is 4.91. The zero-order valence-electron chi connectivity index (χ0n) is 17.3. The molecule has 0 bridgehead atoms. The largest absolute Gasteiger partial charge is 0.309 e. The van der Waals surface area contributed by atoms with E-state index in [2.05, 4.69) is 35.4 Å². The molecule has 1 aromatic heterocycles. The van der Waals surface area contributed by atoms with Crippen molar-refractivity contribution in [2.45, 2.75) is 37.8 Å². The first-order chi connectivity index (χ1) is 14.4. The summed E-state index contributed by atoms with van der Waals surface area (Å²) in [5, 5.41) is 0. The molecule has 0 spiro atoms. The van der Waals surface area contributed by atoms with Crippen molar-refractivity contribution in [3.8, 4) is 0 Å². The van der Waals surface area contributed by atoms with Gasteiger partial charge in [0, 0.05) is 26.2 Å². The van der Waals surface area contributed by atoms with Gasteiger partial charge in [0.05, 0.1) is 21.8 Å². The van der Waals surface area contributed by atoms with Crippen molar-refractivity contribution >= 4 is 43.8 Å². The molecule has 2 aromatic carbocycles. The number of hydrogen-bond acceptors (Lipinski definition) is 5. The number of aromatic nitrogens is 1. The molecule has 30 heavy (non-hydrogen) atoms. The van der Waals surface area contributed by atoms with Gasteiger partial charge in [-0.1, -0.05) is 38.1 Å². The van der Waals surface area contributed by atoms with Gasteiger partial charge in [0.1, 0.15) is 0 Å². The van der Waals surface area contributed by atoms with Crippen LogP contribution in [0.15, 0.2) is 53.4 Å². The number of rotatable bonds is 6. The van der Waals surface area contributed by atoms with Crippen molar-refractivity contribution in [1.29, 1.82) is 0 Å². The van der Waals surface area contributed by atoms with Crippen LogP contribution in [0.2, 0.25) is 0 Å². The van der Waals surface area contributed by atoms with Crippen molar-refractivity contribution in [2.75, 3.05) is 26.2 Å². The number of piperazine rings is 1. The van der Waals surface area contributed by atoms with Crippen LogP contribution in [0.5, 0.6) is 0 Å². The molecule has 0 saturated carbocycles. The fourth-order valence-corrected chi connectivity index (χ4v) is 6.54. The monoisotopic (exact) mass is 461 g/mol. The molecule has 1 saturated heterocycles. The zero-order chi connectivity index (χ0) is 21.3. The highest BCUT2D eigenvalue weighted by Gasteiger charge is 2.28. The number of fused-ring (bicyclic) bond motifs is 1. The van der Waals surface area contributed by atoms with E-state index in [0.717, 1.165) is 15.9 Å². The molecule has 0 radical (unpaired) electrons. The molecule has 1 fully saturated rings. The molecule has 8 heteroatoms. The number of benzene rings is 2. The van der Waals surface area contributed by atoms with Gasteiger partial charge in [0.2, 0.25) is 10.0 Å². The highest BCUT2D eigenvalue weighted by Crippen LogP contribution is 2.25. The summed E-state index contributed by atoms with van der Waals surface area (Å²) in [7, 11) is -3.46. The first kappa shape index (κ1) is 21.6. The van der Waals surface area contributed by atoms with E-state index >= 15 is 0 Å². The van der Waals surface area contributed by atoms with Gasteiger partial charge in [-0.25, -0.2) is 8.42 Å². The van der Waals surface area contributed by atoms with Crippen molar-refractivity contribution in [2.24, 2.45) is 0 Å². The van der Waals surface area contributed by atoms with E-state index in [-0.39, 0.29) is 0 Å². The van der Waals surface area contributed by atoms with Crippen LogP contribution in [0.1, 0.15) is 31.7 Å². The van der Waals surface area contributed by atoms with Crippen LogP contribution in [0.25, 0.3) is 10.2 Å². The summed E-state index contributed by atoms with van der Waals surface area (Å²) in [6.07, 6.45) is 1.04. The van der Waals surface area contributed by atoms with Crippen molar-refractivity contribution < 1.29 is 8.42 Å². The van der Waals surface area contributed by atoms with Gasteiger partial charge in [-0.3, -0.25) is 4.90 Å². The second-order valence-electron chi connectivity index (χ2n) is 7.81. The molecule has 1 aliphatic heterocycles. The summed E-state index contributed by atoms with van der Waals surface area (Å²) in [5.74, 6) is 0.435. The topological polar surface area (TPSA) is 45.6 Å². The van der Waals surface area contributed by atoms with E-state index in [9.17, 15) is 8.42 Å². The lowest BCUT2D eigenvalue weighted by Gasteiger charge is -2.34. The first-order valence-corrected chi connectivity index (χ1v) is 13.0. The molecule has 1 unspecified atom stereocenters. The smallest absolute Gasteiger partial charge is 0.243 e. The predicted molar refractivity (Wildman–Crippen MR) is 126 cm³/mol. The Morgan fingerprint density at radius 2 is 1.70 bits per heavy atom. The highest BCUT2D eigenvalue weighted by molar-refractivity contribution is 7.89. The Hall–Kier alpha value is -1.58. The standard InChI is InChI=1S/C22H27N3O2S3/c1-3-17(2)18-8-10-19(11-9-18)30(26,27)24-14-12-23(13-15-24)16-25-20-6-4-5-7-21(20)29-22(25)28/h4-11,17H,3,12-16H2,1-2H3. The van der Waals surface area contributed by atoms with E-state index in [1.165, 1.54) is 10.3 Å². The van der Waals surface area contributed by atoms with Gasteiger partial charge in [0.25, 0.3) is 0 Å². The van der Waals surface area contributed by atoms with Crippen molar-refractivity contribution in [3.63, 3.8) is 0 Å². The van der Waals surface area contributed by atoms with E-state index in [0.29, 0.717) is 43.7 Å². The SMILES string of the molecule is CCC(C)c1ccc(S(=O)(=O)N2CCN(Cn3c(=S)sc4ccccc43)CC2)cc1.